The fourth-order valence-corrected chi connectivity index (χ4v) is 4.32. The SMILES string of the molecule is CC(C)CN1CCC(Cc2ccc(-c3cccnc3)cc2)(C(=O)NC(C)C)CC1. The van der Waals surface area contributed by atoms with Crippen molar-refractivity contribution in [3.63, 3.8) is 0 Å². The van der Waals surface area contributed by atoms with Crippen LogP contribution in [0.15, 0.2) is 48.8 Å². The summed E-state index contributed by atoms with van der Waals surface area (Å²) in [7, 11) is 0. The van der Waals surface area contributed by atoms with Gasteiger partial charge in [-0.3, -0.25) is 9.78 Å². The molecular weight excluding hydrogens is 358 g/mol. The van der Waals surface area contributed by atoms with Crippen LogP contribution in [0.4, 0.5) is 0 Å². The highest BCUT2D eigenvalue weighted by Gasteiger charge is 2.41. The van der Waals surface area contributed by atoms with Gasteiger partial charge in [0.2, 0.25) is 5.91 Å². The third kappa shape index (κ3) is 5.66. The van der Waals surface area contributed by atoms with Gasteiger partial charge in [-0.2, -0.15) is 0 Å². The lowest BCUT2D eigenvalue weighted by molar-refractivity contribution is -0.134. The van der Waals surface area contributed by atoms with E-state index in [1.54, 1.807) is 6.20 Å². The van der Waals surface area contributed by atoms with Gasteiger partial charge in [-0.25, -0.2) is 0 Å². The average molecular weight is 394 g/mol. The summed E-state index contributed by atoms with van der Waals surface area (Å²) in [5, 5.41) is 3.20. The molecule has 1 aliphatic rings. The highest BCUT2D eigenvalue weighted by molar-refractivity contribution is 5.83. The van der Waals surface area contributed by atoms with E-state index in [9.17, 15) is 4.79 Å². The van der Waals surface area contributed by atoms with Crippen molar-refractivity contribution in [3.05, 3.63) is 54.4 Å². The summed E-state index contributed by atoms with van der Waals surface area (Å²) in [5.74, 6) is 0.875. The van der Waals surface area contributed by atoms with Crippen LogP contribution in [0.3, 0.4) is 0 Å². The zero-order chi connectivity index (χ0) is 20.9. The summed E-state index contributed by atoms with van der Waals surface area (Å²) in [4.78, 5) is 19.9. The first kappa shape index (κ1) is 21.5. The topological polar surface area (TPSA) is 45.2 Å². The first-order valence-corrected chi connectivity index (χ1v) is 10.9. The molecule has 29 heavy (non-hydrogen) atoms. The fraction of sp³-hybridized carbons (Fsp3) is 0.520. The molecule has 2 aromatic rings. The molecule has 0 bridgehead atoms. The second-order valence-corrected chi connectivity index (χ2v) is 9.22. The van der Waals surface area contributed by atoms with Crippen molar-refractivity contribution in [2.75, 3.05) is 19.6 Å². The second kappa shape index (κ2) is 9.53. The number of rotatable bonds is 7. The van der Waals surface area contributed by atoms with Crippen LogP contribution in [-0.4, -0.2) is 41.5 Å². The quantitative estimate of drug-likeness (QED) is 0.750. The molecule has 1 aromatic heterocycles. The Labute approximate surface area is 175 Å². The summed E-state index contributed by atoms with van der Waals surface area (Å²) in [6, 6.07) is 12.8. The molecule has 0 spiro atoms. The van der Waals surface area contributed by atoms with Crippen molar-refractivity contribution >= 4 is 5.91 Å². The Morgan fingerprint density at radius 2 is 1.76 bits per heavy atom. The standard InChI is InChI=1S/C25H35N3O/c1-19(2)18-28-14-11-25(12-15-28,24(29)27-20(3)4)16-21-7-9-22(10-8-21)23-6-5-13-26-17-23/h5-10,13,17,19-20H,11-12,14-16,18H2,1-4H3,(H,27,29). The highest BCUT2D eigenvalue weighted by atomic mass is 16.2. The fourth-order valence-electron chi connectivity index (χ4n) is 4.32. The molecule has 156 valence electrons. The summed E-state index contributed by atoms with van der Waals surface area (Å²) >= 11 is 0. The normalized spacial score (nSPS) is 16.9. The van der Waals surface area contributed by atoms with Gasteiger partial charge in [0.1, 0.15) is 0 Å². The molecule has 1 fully saturated rings. The zero-order valence-electron chi connectivity index (χ0n) is 18.3. The van der Waals surface area contributed by atoms with Gasteiger partial charge in [0, 0.05) is 25.0 Å². The monoisotopic (exact) mass is 393 g/mol. The number of hydrogen-bond acceptors (Lipinski definition) is 3. The predicted molar refractivity (Wildman–Crippen MR) is 120 cm³/mol. The maximum Gasteiger partial charge on any atom is 0.226 e. The lowest BCUT2D eigenvalue weighted by atomic mass is 9.72. The predicted octanol–water partition coefficient (Wildman–Crippen LogP) is 4.55. The number of benzene rings is 1. The molecule has 2 heterocycles. The van der Waals surface area contributed by atoms with Crippen LogP contribution in [0.25, 0.3) is 11.1 Å². The van der Waals surface area contributed by atoms with E-state index in [1.807, 2.05) is 26.1 Å². The van der Waals surface area contributed by atoms with Gasteiger partial charge >= 0.3 is 0 Å². The van der Waals surface area contributed by atoms with Crippen molar-refractivity contribution < 1.29 is 4.79 Å². The van der Waals surface area contributed by atoms with Crippen LogP contribution in [0.1, 0.15) is 46.1 Å². The maximum atomic E-state index is 13.2. The summed E-state index contributed by atoms with van der Waals surface area (Å²) in [6.07, 6.45) is 6.32. The van der Waals surface area contributed by atoms with E-state index in [0.717, 1.165) is 50.0 Å². The van der Waals surface area contributed by atoms with E-state index >= 15 is 0 Å². The molecule has 0 saturated carbocycles. The van der Waals surface area contributed by atoms with E-state index in [1.165, 1.54) is 5.56 Å². The number of likely N-dealkylation sites (tertiary alicyclic amines) is 1. The number of piperidine rings is 1. The van der Waals surface area contributed by atoms with E-state index in [-0.39, 0.29) is 17.4 Å². The van der Waals surface area contributed by atoms with Gasteiger partial charge in [-0.15, -0.1) is 0 Å². The molecule has 0 unspecified atom stereocenters. The molecule has 0 atom stereocenters. The Morgan fingerprint density at radius 3 is 2.31 bits per heavy atom. The Kier molecular flexibility index (Phi) is 7.07. The van der Waals surface area contributed by atoms with Crippen LogP contribution >= 0.6 is 0 Å². The van der Waals surface area contributed by atoms with Gasteiger partial charge < -0.3 is 10.2 Å². The van der Waals surface area contributed by atoms with Crippen LogP contribution in [0.5, 0.6) is 0 Å². The van der Waals surface area contributed by atoms with Crippen LogP contribution < -0.4 is 5.32 Å². The number of carbonyl (C=O) groups excluding carboxylic acids is 1. The lowest BCUT2D eigenvalue weighted by Gasteiger charge is -2.41. The van der Waals surface area contributed by atoms with Gasteiger partial charge in [-0.05, 0) is 74.9 Å². The Hall–Kier alpha value is -2.20. The van der Waals surface area contributed by atoms with E-state index < -0.39 is 0 Å². The van der Waals surface area contributed by atoms with Crippen molar-refractivity contribution in [1.29, 1.82) is 0 Å². The van der Waals surface area contributed by atoms with Gasteiger partial charge in [0.05, 0.1) is 5.41 Å². The average Bonchev–Trinajstić information content (AvgIpc) is 2.70. The molecule has 0 aliphatic carbocycles. The molecule has 1 amide bonds. The summed E-state index contributed by atoms with van der Waals surface area (Å²) < 4.78 is 0. The van der Waals surface area contributed by atoms with E-state index in [2.05, 4.69) is 59.4 Å². The highest BCUT2D eigenvalue weighted by Crippen LogP contribution is 2.36. The third-order valence-electron chi connectivity index (χ3n) is 5.83. The van der Waals surface area contributed by atoms with E-state index in [4.69, 9.17) is 0 Å². The second-order valence-electron chi connectivity index (χ2n) is 9.22. The number of carbonyl (C=O) groups is 1. The molecular formula is C25H35N3O. The summed E-state index contributed by atoms with van der Waals surface area (Å²) in [6.45, 7) is 11.7. The zero-order valence-corrected chi connectivity index (χ0v) is 18.3. The third-order valence-corrected chi connectivity index (χ3v) is 5.83. The largest absolute Gasteiger partial charge is 0.353 e. The van der Waals surface area contributed by atoms with Crippen LogP contribution in [-0.2, 0) is 11.2 Å². The lowest BCUT2D eigenvalue weighted by Crippen LogP contribution is -2.51. The van der Waals surface area contributed by atoms with Crippen LogP contribution in [0.2, 0.25) is 0 Å². The first-order valence-electron chi connectivity index (χ1n) is 10.9. The number of hydrogen-bond donors (Lipinski definition) is 1. The van der Waals surface area contributed by atoms with Gasteiger partial charge in [0.25, 0.3) is 0 Å². The Bertz CT molecular complexity index is 775. The van der Waals surface area contributed by atoms with Gasteiger partial charge in [-0.1, -0.05) is 44.2 Å². The Balaban J connectivity index is 1.76. The molecule has 1 N–H and O–H groups in total. The van der Waals surface area contributed by atoms with Gasteiger partial charge in [0.15, 0.2) is 0 Å². The molecule has 1 aliphatic heterocycles. The minimum absolute atomic E-state index is 0.168. The van der Waals surface area contributed by atoms with Crippen molar-refractivity contribution in [2.45, 2.75) is 53.0 Å². The molecule has 1 aromatic carbocycles. The summed E-state index contributed by atoms with van der Waals surface area (Å²) in [5.41, 5.74) is 3.20. The minimum Gasteiger partial charge on any atom is -0.353 e. The Morgan fingerprint density at radius 1 is 1.07 bits per heavy atom. The van der Waals surface area contributed by atoms with Crippen LogP contribution in [0, 0.1) is 11.3 Å². The minimum atomic E-state index is -0.312. The molecule has 3 rings (SSSR count). The first-order chi connectivity index (χ1) is 13.9. The van der Waals surface area contributed by atoms with Crippen molar-refractivity contribution in [1.82, 2.24) is 15.2 Å². The molecule has 4 heteroatoms. The van der Waals surface area contributed by atoms with E-state index in [0.29, 0.717) is 5.92 Å². The number of aromatic nitrogens is 1. The van der Waals surface area contributed by atoms with Crippen molar-refractivity contribution in [3.8, 4) is 11.1 Å². The van der Waals surface area contributed by atoms with Crippen molar-refractivity contribution in [2.24, 2.45) is 11.3 Å². The smallest absolute Gasteiger partial charge is 0.226 e. The molecule has 0 radical (unpaired) electrons. The maximum absolute atomic E-state index is 13.2. The molecule has 4 nitrogen and oxygen atoms in total. The number of nitrogens with zero attached hydrogens (tertiary/aromatic N) is 2. The number of amides is 1. The number of pyridine rings is 1. The molecule has 1 saturated heterocycles. The number of nitrogens with one attached hydrogen (secondary N) is 1.